The normalized spacial score (nSPS) is 10.6. The summed E-state index contributed by atoms with van der Waals surface area (Å²) >= 11 is 4.20. The van der Waals surface area contributed by atoms with E-state index in [2.05, 4.69) is 23.1 Å². The van der Waals surface area contributed by atoms with Gasteiger partial charge in [0.1, 0.15) is 0 Å². The zero-order valence-electron chi connectivity index (χ0n) is 12.0. The second-order valence-electron chi connectivity index (χ2n) is 3.90. The Morgan fingerprint density at radius 1 is 1.19 bits per heavy atom. The Morgan fingerprint density at radius 3 is 1.86 bits per heavy atom. The van der Waals surface area contributed by atoms with Gasteiger partial charge >= 0.3 is 21.5 Å². The maximum absolute atomic E-state index is 10.2. The van der Waals surface area contributed by atoms with Crippen LogP contribution in [0.25, 0.3) is 0 Å². The Morgan fingerprint density at radius 2 is 1.57 bits per heavy atom. The first-order valence-electron chi connectivity index (χ1n) is 5.92. The highest BCUT2D eigenvalue weighted by Gasteiger charge is 2.01. The lowest BCUT2D eigenvalue weighted by atomic mass is 10.2. The monoisotopic (exact) mass is 371 g/mol. The molecule has 0 saturated carbocycles. The van der Waals surface area contributed by atoms with Gasteiger partial charge in [-0.15, -0.1) is 0 Å². The molecule has 0 aliphatic heterocycles. The van der Waals surface area contributed by atoms with Crippen LogP contribution in [0.15, 0.2) is 0 Å². The molecule has 0 unspecified atom stereocenters. The van der Waals surface area contributed by atoms with E-state index in [9.17, 15) is 4.79 Å². The molecule has 9 nitrogen and oxygen atoms in total. The summed E-state index contributed by atoms with van der Waals surface area (Å²) in [5.74, 6) is -0.711. The molecule has 21 heavy (non-hydrogen) atoms. The van der Waals surface area contributed by atoms with E-state index in [1.54, 1.807) is 0 Å². The van der Waals surface area contributed by atoms with Crippen molar-refractivity contribution in [2.45, 2.75) is 32.6 Å². The molecule has 0 radical (unpaired) electrons. The van der Waals surface area contributed by atoms with Gasteiger partial charge in [0.05, 0.1) is 6.42 Å². The van der Waals surface area contributed by atoms with E-state index in [1.807, 2.05) is 7.05 Å². The van der Waals surface area contributed by atoms with Crippen LogP contribution < -0.4 is 0 Å². The molecular formula is C9H24ClNO8P2. The molecule has 0 aromatic rings. The van der Waals surface area contributed by atoms with Crippen LogP contribution in [0.2, 0.25) is 0 Å². The topological polar surface area (TPSA) is 159 Å². The van der Waals surface area contributed by atoms with Crippen molar-refractivity contribution in [1.29, 1.82) is 0 Å². The fourth-order valence-corrected chi connectivity index (χ4v) is 1.03. The van der Waals surface area contributed by atoms with Crippen molar-refractivity contribution in [3.05, 3.63) is 0 Å². The number of nitrogens with zero attached hydrogens (tertiary/aromatic N) is 1. The number of carbonyl (C=O) groups is 1. The maximum Gasteiger partial charge on any atom is 0.419 e. The van der Waals surface area contributed by atoms with E-state index < -0.39 is 21.5 Å². The van der Waals surface area contributed by atoms with E-state index in [-0.39, 0.29) is 6.42 Å². The first-order chi connectivity index (χ1) is 9.40. The second-order valence-corrected chi connectivity index (χ2v) is 6.70. The Kier molecular flexibility index (Phi) is 20.6. The molecular weight excluding hydrogens is 347 g/mol. The maximum atomic E-state index is 10.2. The third-order valence-corrected chi connectivity index (χ3v) is 1.85. The van der Waals surface area contributed by atoms with E-state index in [4.69, 9.17) is 34.1 Å². The molecule has 0 aromatic carbocycles. The zero-order chi connectivity index (χ0) is 17.5. The van der Waals surface area contributed by atoms with Crippen molar-refractivity contribution < 1.29 is 38.9 Å². The average molecular weight is 372 g/mol. The third-order valence-electron chi connectivity index (χ3n) is 1.85. The second kappa shape index (κ2) is 16.5. The molecule has 0 fully saturated rings. The van der Waals surface area contributed by atoms with Gasteiger partial charge in [-0.3, -0.25) is 4.79 Å². The van der Waals surface area contributed by atoms with Crippen LogP contribution in [0.4, 0.5) is 0 Å². The van der Waals surface area contributed by atoms with Crippen molar-refractivity contribution in [1.82, 2.24) is 4.90 Å². The molecule has 0 saturated heterocycles. The van der Waals surface area contributed by atoms with Crippen LogP contribution in [0.3, 0.4) is 0 Å². The largest absolute Gasteiger partial charge is 0.481 e. The Hall–Kier alpha value is 0.180. The number of aliphatic carboxylic acids is 1. The summed E-state index contributed by atoms with van der Waals surface area (Å²) in [6.07, 6.45) is 3.87. The summed E-state index contributed by atoms with van der Waals surface area (Å²) < 4.78 is 9.09. The average Bonchev–Trinajstić information content (AvgIpc) is 2.23. The van der Waals surface area contributed by atoms with Crippen LogP contribution >= 0.6 is 26.8 Å². The summed E-state index contributed by atoms with van der Waals surface area (Å²) in [5.41, 5.74) is 0. The molecule has 130 valence electrons. The summed E-state index contributed by atoms with van der Waals surface area (Å²) in [6, 6.07) is 0. The first-order valence-corrected chi connectivity index (χ1v) is 9.64. The molecule has 0 rings (SSSR count). The molecule has 12 heteroatoms. The lowest BCUT2D eigenvalue weighted by Gasteiger charge is -2.14. The minimum Gasteiger partial charge on any atom is -0.481 e. The highest BCUT2D eigenvalue weighted by Crippen LogP contribution is 2.39. The molecule has 6 N–H and O–H groups in total. The lowest BCUT2D eigenvalue weighted by Crippen LogP contribution is -2.22. The summed E-state index contributed by atoms with van der Waals surface area (Å²) in [7, 11) is -0.650. The van der Waals surface area contributed by atoms with E-state index in [0.29, 0.717) is 6.54 Å². The molecule has 0 aliphatic rings. The zero-order valence-corrected chi connectivity index (χ0v) is 14.5. The molecule has 0 spiro atoms. The minimum absolute atomic E-state index is 0.253. The number of hydrogen-bond acceptors (Lipinski definition) is 6. The smallest absolute Gasteiger partial charge is 0.419 e. The quantitative estimate of drug-likeness (QED) is 0.284. The van der Waals surface area contributed by atoms with Gasteiger partial charge in [-0.05, 0) is 20.0 Å². The van der Waals surface area contributed by atoms with Gasteiger partial charge < -0.3 is 34.5 Å². The van der Waals surface area contributed by atoms with Gasteiger partial charge in [0, 0.05) is 17.8 Å². The molecule has 0 bridgehead atoms. The third kappa shape index (κ3) is 64.4. The SMILES string of the molecule is CCCCCN(C)CCC(=O)O.O=P(O)(O)Cl.OP(O)O. The van der Waals surface area contributed by atoms with Crippen LogP contribution in [-0.2, 0) is 9.36 Å². The van der Waals surface area contributed by atoms with Gasteiger partial charge in [0.2, 0.25) is 0 Å². The number of carboxylic acid groups (broad SMARTS) is 1. The predicted octanol–water partition coefficient (Wildman–Crippen LogP) is 1.09. The van der Waals surface area contributed by atoms with Crippen molar-refractivity contribution >= 4 is 32.8 Å². The standard InChI is InChI=1S/C9H19NO2.ClH2O3P.H3O3P/c1-3-4-5-7-10(2)8-6-9(11)12;1-5(2,3)4;1-4(2)3/h3-8H2,1-2H3,(H,11,12);(H2,2,3,4);1-3H. The fourth-order valence-electron chi connectivity index (χ4n) is 1.03. The highest BCUT2D eigenvalue weighted by atomic mass is 35.7. The molecule has 0 aliphatic carbocycles. The van der Waals surface area contributed by atoms with Crippen LogP contribution in [0, 0.1) is 0 Å². The molecule has 0 atom stereocenters. The Balaban J connectivity index is -0.000000297. The summed E-state index contributed by atoms with van der Waals surface area (Å²) in [6.45, 7) is -0.322. The highest BCUT2D eigenvalue weighted by molar-refractivity contribution is 7.79. The van der Waals surface area contributed by atoms with Crippen LogP contribution in [0.5, 0.6) is 0 Å². The summed E-state index contributed by atoms with van der Waals surface area (Å²) in [4.78, 5) is 48.8. The van der Waals surface area contributed by atoms with E-state index >= 15 is 0 Å². The van der Waals surface area contributed by atoms with Gasteiger partial charge in [0.25, 0.3) is 0 Å². The van der Waals surface area contributed by atoms with Gasteiger partial charge in [0.15, 0.2) is 0 Å². The fraction of sp³-hybridized carbons (Fsp3) is 0.889. The van der Waals surface area contributed by atoms with Gasteiger partial charge in [-0.1, -0.05) is 19.8 Å². The van der Waals surface area contributed by atoms with Crippen molar-refractivity contribution in [3.8, 4) is 0 Å². The lowest BCUT2D eigenvalue weighted by molar-refractivity contribution is -0.137. The Labute approximate surface area is 130 Å². The first kappa shape index (κ1) is 26.1. The Bertz CT molecular complexity index is 278. The molecule has 0 aromatic heterocycles. The number of hydrogen-bond donors (Lipinski definition) is 6. The van der Waals surface area contributed by atoms with Gasteiger partial charge in [-0.25, -0.2) is 4.57 Å². The molecule has 0 amide bonds. The van der Waals surface area contributed by atoms with Crippen LogP contribution in [-0.4, -0.2) is 60.6 Å². The summed E-state index contributed by atoms with van der Waals surface area (Å²) in [5, 5.41) is 8.41. The number of rotatable bonds is 7. The van der Waals surface area contributed by atoms with Crippen LogP contribution in [0.1, 0.15) is 32.6 Å². The van der Waals surface area contributed by atoms with Crippen molar-refractivity contribution in [3.63, 3.8) is 0 Å². The number of carboxylic acids is 1. The van der Waals surface area contributed by atoms with E-state index in [1.165, 1.54) is 19.3 Å². The minimum atomic E-state index is -4.17. The predicted molar refractivity (Wildman–Crippen MR) is 80.7 cm³/mol. The number of unbranched alkanes of at least 4 members (excludes halogenated alkanes) is 2. The molecule has 0 heterocycles. The van der Waals surface area contributed by atoms with E-state index in [0.717, 1.165) is 6.54 Å². The van der Waals surface area contributed by atoms with Crippen molar-refractivity contribution in [2.24, 2.45) is 0 Å². The van der Waals surface area contributed by atoms with Crippen molar-refractivity contribution in [2.75, 3.05) is 20.1 Å². The van der Waals surface area contributed by atoms with Gasteiger partial charge in [-0.2, -0.15) is 0 Å². The number of halogens is 1.